The second kappa shape index (κ2) is 4.41. The van der Waals surface area contributed by atoms with Gasteiger partial charge in [0.2, 0.25) is 0 Å². The van der Waals surface area contributed by atoms with Crippen LogP contribution in [0.4, 0.5) is 0 Å². The van der Waals surface area contributed by atoms with E-state index >= 15 is 0 Å². The molecule has 2 rings (SSSR count). The summed E-state index contributed by atoms with van der Waals surface area (Å²) in [5, 5.41) is 10.4. The number of nitrogens with zero attached hydrogens (tertiary/aromatic N) is 1. The highest BCUT2D eigenvalue weighted by molar-refractivity contribution is 5.86. The number of benzene rings is 1. The van der Waals surface area contributed by atoms with Crippen LogP contribution >= 0.6 is 0 Å². The summed E-state index contributed by atoms with van der Waals surface area (Å²) in [6.07, 6.45) is 0.547. The summed E-state index contributed by atoms with van der Waals surface area (Å²) in [5.74, 6) is -0.756. The normalized spacial score (nSPS) is 12.1. The van der Waals surface area contributed by atoms with Crippen molar-refractivity contribution in [1.29, 1.82) is 0 Å². The van der Waals surface area contributed by atoms with Gasteiger partial charge >= 0.3 is 5.97 Å². The largest absolute Gasteiger partial charge is 0.481 e. The van der Waals surface area contributed by atoms with E-state index in [0.717, 1.165) is 5.56 Å². The van der Waals surface area contributed by atoms with Crippen LogP contribution in [0.25, 0.3) is 10.9 Å². The van der Waals surface area contributed by atoms with Crippen LogP contribution in [0.1, 0.15) is 30.7 Å². The van der Waals surface area contributed by atoms with Crippen LogP contribution in [0.5, 0.6) is 0 Å². The number of fused-ring (bicyclic) bond motifs is 1. The van der Waals surface area contributed by atoms with Gasteiger partial charge in [-0.25, -0.2) is 0 Å². The molecular formula is C16H21NO2. The van der Waals surface area contributed by atoms with Gasteiger partial charge in [0, 0.05) is 23.6 Å². The molecule has 3 nitrogen and oxygen atoms in total. The molecule has 0 aliphatic rings. The van der Waals surface area contributed by atoms with Gasteiger partial charge in [-0.15, -0.1) is 0 Å². The summed E-state index contributed by atoms with van der Waals surface area (Å²) in [5.41, 5.74) is 4.07. The number of rotatable bonds is 3. The molecule has 2 aromatic rings. The Morgan fingerprint density at radius 3 is 2.53 bits per heavy atom. The van der Waals surface area contributed by atoms with Crippen molar-refractivity contribution in [3.8, 4) is 0 Å². The van der Waals surface area contributed by atoms with Crippen molar-refractivity contribution >= 4 is 16.9 Å². The number of carboxylic acid groups (broad SMARTS) is 1. The number of aryl methyl sites for hydroxylation is 2. The van der Waals surface area contributed by atoms with Gasteiger partial charge in [0.05, 0.1) is 5.41 Å². The predicted octanol–water partition coefficient (Wildman–Crippen LogP) is 3.45. The molecule has 1 N–H and O–H groups in total. The van der Waals surface area contributed by atoms with Crippen LogP contribution in [0.2, 0.25) is 0 Å². The number of hydrogen-bond donors (Lipinski definition) is 1. The Balaban J connectivity index is 2.48. The number of carbonyl (C=O) groups is 1. The van der Waals surface area contributed by atoms with Gasteiger partial charge in [0.15, 0.2) is 0 Å². The highest BCUT2D eigenvalue weighted by Gasteiger charge is 2.27. The second-order valence-electron chi connectivity index (χ2n) is 5.99. The molecule has 0 spiro atoms. The molecule has 1 aromatic heterocycles. The van der Waals surface area contributed by atoms with Crippen molar-refractivity contribution in [2.24, 2.45) is 12.5 Å². The van der Waals surface area contributed by atoms with Crippen molar-refractivity contribution in [2.75, 3.05) is 0 Å². The zero-order chi connectivity index (χ0) is 14.4. The third-order valence-corrected chi connectivity index (χ3v) is 4.10. The summed E-state index contributed by atoms with van der Waals surface area (Å²) in [6.45, 7) is 7.76. The Bertz CT molecular complexity index is 650. The third-order valence-electron chi connectivity index (χ3n) is 4.10. The lowest BCUT2D eigenvalue weighted by molar-refractivity contribution is -0.146. The molecule has 0 saturated heterocycles. The molecule has 0 radical (unpaired) electrons. The monoisotopic (exact) mass is 259 g/mol. The zero-order valence-electron chi connectivity index (χ0n) is 12.2. The van der Waals surface area contributed by atoms with Crippen LogP contribution in [0.3, 0.4) is 0 Å². The Kier molecular flexibility index (Phi) is 3.17. The third kappa shape index (κ3) is 2.25. The lowest BCUT2D eigenvalue weighted by Gasteiger charge is -2.19. The summed E-state index contributed by atoms with van der Waals surface area (Å²) < 4.78 is 2.18. The first-order valence-electron chi connectivity index (χ1n) is 6.52. The highest BCUT2D eigenvalue weighted by Crippen LogP contribution is 2.28. The molecule has 0 atom stereocenters. The molecule has 1 aromatic carbocycles. The summed E-state index contributed by atoms with van der Waals surface area (Å²) in [6, 6.07) is 6.25. The quantitative estimate of drug-likeness (QED) is 0.917. The maximum atomic E-state index is 11.2. The Morgan fingerprint density at radius 2 is 1.95 bits per heavy atom. The Labute approximate surface area is 113 Å². The summed E-state index contributed by atoms with van der Waals surface area (Å²) in [7, 11) is 2.06. The minimum Gasteiger partial charge on any atom is -0.481 e. The first kappa shape index (κ1) is 13.7. The van der Waals surface area contributed by atoms with E-state index in [2.05, 4.69) is 37.6 Å². The van der Waals surface area contributed by atoms with Crippen molar-refractivity contribution in [1.82, 2.24) is 4.57 Å². The second-order valence-corrected chi connectivity index (χ2v) is 5.99. The Hall–Kier alpha value is -1.77. The van der Waals surface area contributed by atoms with Crippen LogP contribution in [-0.2, 0) is 18.3 Å². The number of carboxylic acids is 1. The number of aliphatic carboxylic acids is 1. The van der Waals surface area contributed by atoms with Gasteiger partial charge in [0.25, 0.3) is 0 Å². The summed E-state index contributed by atoms with van der Waals surface area (Å²) >= 11 is 0. The van der Waals surface area contributed by atoms with Gasteiger partial charge < -0.3 is 9.67 Å². The molecule has 0 fully saturated rings. The maximum Gasteiger partial charge on any atom is 0.309 e. The fourth-order valence-corrected chi connectivity index (χ4v) is 2.50. The van der Waals surface area contributed by atoms with E-state index < -0.39 is 11.4 Å². The average Bonchev–Trinajstić information content (AvgIpc) is 2.54. The fraction of sp³-hybridized carbons (Fsp3) is 0.438. The molecular weight excluding hydrogens is 238 g/mol. The number of aromatic nitrogens is 1. The molecule has 3 heteroatoms. The van der Waals surface area contributed by atoms with Crippen LogP contribution < -0.4 is 0 Å². The van der Waals surface area contributed by atoms with Gasteiger partial charge in [-0.1, -0.05) is 6.07 Å². The molecule has 0 aliphatic carbocycles. The van der Waals surface area contributed by atoms with E-state index in [1.54, 1.807) is 13.8 Å². The van der Waals surface area contributed by atoms with Crippen LogP contribution in [-0.4, -0.2) is 15.6 Å². The lowest BCUT2D eigenvalue weighted by atomic mass is 9.85. The molecule has 102 valence electrons. The van der Waals surface area contributed by atoms with Gasteiger partial charge in [-0.05, 0) is 57.4 Å². The minimum atomic E-state index is -0.756. The highest BCUT2D eigenvalue weighted by atomic mass is 16.4. The predicted molar refractivity (Wildman–Crippen MR) is 77.5 cm³/mol. The Morgan fingerprint density at radius 1 is 1.32 bits per heavy atom. The van der Waals surface area contributed by atoms with Gasteiger partial charge in [-0.2, -0.15) is 0 Å². The molecule has 0 aliphatic heterocycles. The SMILES string of the molecule is Cc1c(C)n(C)c2ccc(CC(C)(C)C(=O)O)cc12. The van der Waals surface area contributed by atoms with Crippen LogP contribution in [0, 0.1) is 19.3 Å². The molecule has 0 bridgehead atoms. The van der Waals surface area contributed by atoms with Crippen LogP contribution in [0.15, 0.2) is 18.2 Å². The van der Waals surface area contributed by atoms with E-state index in [-0.39, 0.29) is 0 Å². The lowest BCUT2D eigenvalue weighted by Crippen LogP contribution is -2.26. The maximum absolute atomic E-state index is 11.2. The molecule has 0 saturated carbocycles. The zero-order valence-corrected chi connectivity index (χ0v) is 12.2. The van der Waals surface area contributed by atoms with E-state index in [4.69, 9.17) is 0 Å². The average molecular weight is 259 g/mol. The molecule has 0 unspecified atom stereocenters. The van der Waals surface area contributed by atoms with Crippen molar-refractivity contribution in [3.05, 3.63) is 35.0 Å². The number of hydrogen-bond acceptors (Lipinski definition) is 1. The van der Waals surface area contributed by atoms with Crippen molar-refractivity contribution < 1.29 is 9.90 Å². The smallest absolute Gasteiger partial charge is 0.309 e. The fourth-order valence-electron chi connectivity index (χ4n) is 2.50. The first-order chi connectivity index (χ1) is 8.74. The molecule has 19 heavy (non-hydrogen) atoms. The van der Waals surface area contributed by atoms with E-state index in [1.165, 1.54) is 22.2 Å². The van der Waals surface area contributed by atoms with Gasteiger partial charge in [0.1, 0.15) is 0 Å². The summed E-state index contributed by atoms with van der Waals surface area (Å²) in [4.78, 5) is 11.2. The van der Waals surface area contributed by atoms with E-state index in [1.807, 2.05) is 6.07 Å². The van der Waals surface area contributed by atoms with Crippen molar-refractivity contribution in [2.45, 2.75) is 34.1 Å². The van der Waals surface area contributed by atoms with E-state index in [0.29, 0.717) is 6.42 Å². The van der Waals surface area contributed by atoms with Gasteiger partial charge in [-0.3, -0.25) is 4.79 Å². The topological polar surface area (TPSA) is 42.2 Å². The van der Waals surface area contributed by atoms with E-state index in [9.17, 15) is 9.90 Å². The van der Waals surface area contributed by atoms with Crippen molar-refractivity contribution in [3.63, 3.8) is 0 Å². The standard InChI is InChI=1S/C16H21NO2/c1-10-11(2)17(5)14-7-6-12(8-13(10)14)9-16(3,4)15(18)19/h6-8H,9H2,1-5H3,(H,18,19). The minimum absolute atomic E-state index is 0.547. The molecule has 0 amide bonds. The molecule has 1 heterocycles. The first-order valence-corrected chi connectivity index (χ1v) is 6.52.